The molecule has 0 fully saturated rings. The Morgan fingerprint density at radius 1 is 0.947 bits per heavy atom. The van der Waals surface area contributed by atoms with E-state index in [2.05, 4.69) is 9.99 Å². The molecule has 0 aromatic heterocycles. The first kappa shape index (κ1) is 15.4. The first-order chi connectivity index (χ1) is 9.00. The van der Waals surface area contributed by atoms with Gasteiger partial charge in [0.1, 0.15) is 6.61 Å². The summed E-state index contributed by atoms with van der Waals surface area (Å²) in [5.74, 6) is -9.98. The molecule has 0 unspecified atom stereocenters. The number of unbranched alkanes of at least 4 members (excludes halogenated alkanes) is 2. The molecule has 1 aromatic carbocycles. The number of halogens is 5. The highest BCUT2D eigenvalue weighted by Gasteiger charge is 2.25. The van der Waals surface area contributed by atoms with Crippen molar-refractivity contribution in [3.8, 4) is 0 Å². The van der Waals surface area contributed by atoms with Gasteiger partial charge in [0, 0.05) is 6.21 Å². The Morgan fingerprint density at radius 2 is 1.47 bits per heavy atom. The van der Waals surface area contributed by atoms with Gasteiger partial charge in [0.05, 0.1) is 5.56 Å². The Morgan fingerprint density at radius 3 is 2.00 bits per heavy atom. The van der Waals surface area contributed by atoms with Crippen molar-refractivity contribution in [2.45, 2.75) is 32.8 Å². The third kappa shape index (κ3) is 3.65. The maximum Gasteiger partial charge on any atom is 0.200 e. The van der Waals surface area contributed by atoms with Gasteiger partial charge in [-0.1, -0.05) is 18.5 Å². The number of rotatable bonds is 6. The smallest absolute Gasteiger partial charge is 0.200 e. The average molecular weight is 281 g/mol. The zero-order chi connectivity index (χ0) is 14.4. The maximum absolute atomic E-state index is 13.2. The van der Waals surface area contributed by atoms with Crippen molar-refractivity contribution in [2.75, 3.05) is 0 Å². The Labute approximate surface area is 106 Å². The standard InChI is InChI=1S/C12H12F5NO/c1-2-3-4-5-18-19-6-7-8(13)10(15)12(17)11(16)9(7)14/h5H,2-4,6H2,1H3. The zero-order valence-electron chi connectivity index (χ0n) is 10.2. The molecule has 0 bridgehead atoms. The molecule has 0 saturated heterocycles. The van der Waals surface area contributed by atoms with Gasteiger partial charge in [0.25, 0.3) is 0 Å². The van der Waals surface area contributed by atoms with Crippen LogP contribution in [0.2, 0.25) is 0 Å². The lowest BCUT2D eigenvalue weighted by molar-refractivity contribution is 0.124. The van der Waals surface area contributed by atoms with E-state index in [1.807, 2.05) is 6.92 Å². The molecular formula is C12H12F5NO. The Kier molecular flexibility index (Phi) is 5.72. The maximum atomic E-state index is 13.2. The van der Waals surface area contributed by atoms with E-state index < -0.39 is 41.3 Å². The van der Waals surface area contributed by atoms with Crippen molar-refractivity contribution >= 4 is 6.21 Å². The molecular weight excluding hydrogens is 269 g/mol. The molecule has 1 aromatic rings. The van der Waals surface area contributed by atoms with E-state index in [1.165, 1.54) is 6.21 Å². The van der Waals surface area contributed by atoms with E-state index in [0.717, 1.165) is 12.8 Å². The van der Waals surface area contributed by atoms with Gasteiger partial charge in [-0.05, 0) is 12.8 Å². The van der Waals surface area contributed by atoms with Crippen LogP contribution in [0.3, 0.4) is 0 Å². The second-order valence-electron chi connectivity index (χ2n) is 3.75. The van der Waals surface area contributed by atoms with E-state index in [4.69, 9.17) is 0 Å². The molecule has 106 valence electrons. The third-order valence-electron chi connectivity index (χ3n) is 2.35. The van der Waals surface area contributed by atoms with Gasteiger partial charge in [-0.15, -0.1) is 0 Å². The highest BCUT2D eigenvalue weighted by molar-refractivity contribution is 5.56. The SMILES string of the molecule is CCCCC=NOCc1c(F)c(F)c(F)c(F)c1F. The largest absolute Gasteiger partial charge is 0.391 e. The topological polar surface area (TPSA) is 21.6 Å². The minimum Gasteiger partial charge on any atom is -0.391 e. The van der Waals surface area contributed by atoms with Gasteiger partial charge < -0.3 is 4.84 Å². The van der Waals surface area contributed by atoms with Crippen LogP contribution in [0.25, 0.3) is 0 Å². The summed E-state index contributed by atoms with van der Waals surface area (Å²) in [4.78, 5) is 4.51. The van der Waals surface area contributed by atoms with Crippen molar-refractivity contribution in [2.24, 2.45) is 5.16 Å². The lowest BCUT2D eigenvalue weighted by Crippen LogP contribution is -2.07. The minimum atomic E-state index is -2.19. The van der Waals surface area contributed by atoms with E-state index in [-0.39, 0.29) is 0 Å². The Balaban J connectivity index is 2.77. The van der Waals surface area contributed by atoms with Crippen molar-refractivity contribution in [3.05, 3.63) is 34.6 Å². The fraction of sp³-hybridized carbons (Fsp3) is 0.417. The van der Waals surface area contributed by atoms with Crippen molar-refractivity contribution in [3.63, 3.8) is 0 Å². The summed E-state index contributed by atoms with van der Waals surface area (Å²) in [5, 5.41) is 3.37. The van der Waals surface area contributed by atoms with E-state index in [9.17, 15) is 22.0 Å². The lowest BCUT2D eigenvalue weighted by Gasteiger charge is -2.06. The van der Waals surface area contributed by atoms with Crippen LogP contribution in [0, 0.1) is 29.1 Å². The Hall–Kier alpha value is -1.66. The molecule has 0 aliphatic heterocycles. The van der Waals surface area contributed by atoms with Gasteiger partial charge in [-0.2, -0.15) is 0 Å². The zero-order valence-corrected chi connectivity index (χ0v) is 10.2. The minimum absolute atomic E-state index is 0.605. The highest BCUT2D eigenvalue weighted by Crippen LogP contribution is 2.23. The molecule has 0 aliphatic carbocycles. The normalized spacial score (nSPS) is 11.3. The summed E-state index contributed by atoms with van der Waals surface area (Å²) in [5.41, 5.74) is -1.04. The summed E-state index contributed by atoms with van der Waals surface area (Å²) in [6, 6.07) is 0. The summed E-state index contributed by atoms with van der Waals surface area (Å²) >= 11 is 0. The second-order valence-corrected chi connectivity index (χ2v) is 3.75. The van der Waals surface area contributed by atoms with Gasteiger partial charge in [-0.3, -0.25) is 0 Å². The molecule has 0 aliphatic rings. The van der Waals surface area contributed by atoms with Crippen LogP contribution < -0.4 is 0 Å². The fourth-order valence-electron chi connectivity index (χ4n) is 1.28. The van der Waals surface area contributed by atoms with Crippen molar-refractivity contribution in [1.29, 1.82) is 0 Å². The van der Waals surface area contributed by atoms with E-state index in [0.29, 0.717) is 6.42 Å². The fourth-order valence-corrected chi connectivity index (χ4v) is 1.28. The molecule has 0 N–H and O–H groups in total. The van der Waals surface area contributed by atoms with Crippen molar-refractivity contribution < 1.29 is 26.8 Å². The molecule has 0 radical (unpaired) electrons. The van der Waals surface area contributed by atoms with Crippen LogP contribution in [0.15, 0.2) is 5.16 Å². The van der Waals surface area contributed by atoms with Gasteiger partial charge in [0.2, 0.25) is 5.82 Å². The van der Waals surface area contributed by atoms with Gasteiger partial charge in [0.15, 0.2) is 23.3 Å². The molecule has 0 heterocycles. The molecule has 2 nitrogen and oxygen atoms in total. The van der Waals surface area contributed by atoms with Crippen LogP contribution in [-0.4, -0.2) is 6.21 Å². The highest BCUT2D eigenvalue weighted by atomic mass is 19.2. The Bertz CT molecular complexity index is 447. The number of benzene rings is 1. The number of oxime groups is 1. The average Bonchev–Trinajstić information content (AvgIpc) is 2.41. The number of nitrogens with zero attached hydrogens (tertiary/aromatic N) is 1. The van der Waals surface area contributed by atoms with E-state index >= 15 is 0 Å². The van der Waals surface area contributed by atoms with Crippen LogP contribution in [0.1, 0.15) is 31.7 Å². The van der Waals surface area contributed by atoms with Crippen LogP contribution in [0.4, 0.5) is 22.0 Å². The van der Waals surface area contributed by atoms with Gasteiger partial charge >= 0.3 is 0 Å². The van der Waals surface area contributed by atoms with Crippen LogP contribution in [0.5, 0.6) is 0 Å². The lowest BCUT2D eigenvalue weighted by atomic mass is 10.2. The number of hydrogen-bond donors (Lipinski definition) is 0. The summed E-state index contributed by atoms with van der Waals surface area (Å²) < 4.78 is 64.7. The summed E-state index contributed by atoms with van der Waals surface area (Å²) in [7, 11) is 0. The molecule has 7 heteroatoms. The number of hydrogen-bond acceptors (Lipinski definition) is 2. The summed E-state index contributed by atoms with van der Waals surface area (Å²) in [6.45, 7) is 1.14. The third-order valence-corrected chi connectivity index (χ3v) is 2.35. The predicted octanol–water partition coefficient (Wildman–Crippen LogP) is 4.07. The van der Waals surface area contributed by atoms with Crippen LogP contribution in [-0.2, 0) is 11.4 Å². The predicted molar refractivity (Wildman–Crippen MR) is 59.0 cm³/mol. The molecule has 0 atom stereocenters. The first-order valence-electron chi connectivity index (χ1n) is 5.64. The monoisotopic (exact) mass is 281 g/mol. The quantitative estimate of drug-likeness (QED) is 0.192. The van der Waals surface area contributed by atoms with E-state index in [1.54, 1.807) is 0 Å². The molecule has 1 rings (SSSR count). The first-order valence-corrected chi connectivity index (χ1v) is 5.64. The molecule has 0 amide bonds. The summed E-state index contributed by atoms with van der Waals surface area (Å²) in [6.07, 6.45) is 3.77. The molecule has 0 spiro atoms. The van der Waals surface area contributed by atoms with Gasteiger partial charge in [-0.25, -0.2) is 22.0 Å². The molecule has 19 heavy (non-hydrogen) atoms. The van der Waals surface area contributed by atoms with Crippen LogP contribution >= 0.6 is 0 Å². The van der Waals surface area contributed by atoms with Crippen molar-refractivity contribution in [1.82, 2.24) is 0 Å². The second kappa shape index (κ2) is 7.06. The molecule has 0 saturated carbocycles.